The summed E-state index contributed by atoms with van der Waals surface area (Å²) in [5, 5.41) is 7.95. The molecule has 5 heteroatoms. The minimum Gasteiger partial charge on any atom is -0.289 e. The van der Waals surface area contributed by atoms with Crippen molar-refractivity contribution in [2.24, 2.45) is 14.1 Å². The largest absolute Gasteiger partial charge is 0.289 e. The summed E-state index contributed by atoms with van der Waals surface area (Å²) in [4.78, 5) is 11.7. The maximum absolute atomic E-state index is 11.7. The van der Waals surface area contributed by atoms with Gasteiger partial charge in [0.15, 0.2) is 5.78 Å². The van der Waals surface area contributed by atoms with Crippen LogP contribution in [0.5, 0.6) is 0 Å². The van der Waals surface area contributed by atoms with Gasteiger partial charge in [-0.15, -0.1) is 0 Å². The van der Waals surface area contributed by atoms with Crippen LogP contribution in [0.1, 0.15) is 15.9 Å². The van der Waals surface area contributed by atoms with Crippen LogP contribution in [0.15, 0.2) is 30.9 Å². The predicted molar refractivity (Wildman–Crippen MR) is 59.8 cm³/mol. The van der Waals surface area contributed by atoms with Crippen molar-refractivity contribution in [2.45, 2.75) is 0 Å². The minimum absolute atomic E-state index is 0.0584. The highest BCUT2D eigenvalue weighted by molar-refractivity contribution is 6.06. The lowest BCUT2D eigenvalue weighted by Gasteiger charge is -1.87. The van der Waals surface area contributed by atoms with Crippen LogP contribution >= 0.6 is 0 Å². The lowest BCUT2D eigenvalue weighted by molar-refractivity contribution is 0.104. The Labute approximate surface area is 93.0 Å². The fraction of sp³-hybridized carbons (Fsp3) is 0.182. The molecule has 0 aliphatic carbocycles. The first-order valence-corrected chi connectivity index (χ1v) is 4.85. The second-order valence-electron chi connectivity index (χ2n) is 3.55. The highest BCUT2D eigenvalue weighted by Crippen LogP contribution is 2.03. The van der Waals surface area contributed by atoms with Gasteiger partial charge in [-0.2, -0.15) is 10.2 Å². The fourth-order valence-electron chi connectivity index (χ4n) is 1.34. The van der Waals surface area contributed by atoms with Crippen LogP contribution in [0, 0.1) is 0 Å². The van der Waals surface area contributed by atoms with Crippen LogP contribution in [0.3, 0.4) is 0 Å². The van der Waals surface area contributed by atoms with Crippen LogP contribution in [-0.4, -0.2) is 25.3 Å². The van der Waals surface area contributed by atoms with Crippen LogP contribution in [-0.2, 0) is 14.1 Å². The molecule has 0 aliphatic rings. The van der Waals surface area contributed by atoms with Gasteiger partial charge in [-0.05, 0) is 12.2 Å². The molecule has 0 radical (unpaired) electrons. The summed E-state index contributed by atoms with van der Waals surface area (Å²) in [5.41, 5.74) is 1.49. The average Bonchev–Trinajstić information content (AvgIpc) is 2.84. The Bertz CT molecular complexity index is 536. The van der Waals surface area contributed by atoms with Crippen molar-refractivity contribution >= 4 is 11.9 Å². The Hall–Kier alpha value is -2.17. The average molecular weight is 216 g/mol. The number of allylic oxidation sites excluding steroid dienone is 1. The smallest absolute Gasteiger partial charge is 0.189 e. The van der Waals surface area contributed by atoms with E-state index in [0.717, 1.165) is 5.56 Å². The molecule has 0 N–H and O–H groups in total. The fourth-order valence-corrected chi connectivity index (χ4v) is 1.34. The van der Waals surface area contributed by atoms with Crippen LogP contribution in [0.25, 0.3) is 6.08 Å². The van der Waals surface area contributed by atoms with E-state index >= 15 is 0 Å². The Morgan fingerprint density at radius 1 is 1.19 bits per heavy atom. The third kappa shape index (κ3) is 2.25. The second kappa shape index (κ2) is 4.14. The molecule has 2 rings (SSSR count). The van der Waals surface area contributed by atoms with Gasteiger partial charge in [0.05, 0.1) is 18.0 Å². The number of nitrogens with zero attached hydrogens (tertiary/aromatic N) is 4. The molecular weight excluding hydrogens is 204 g/mol. The monoisotopic (exact) mass is 216 g/mol. The van der Waals surface area contributed by atoms with E-state index in [1.54, 1.807) is 41.1 Å². The maximum atomic E-state index is 11.7. The Morgan fingerprint density at radius 3 is 2.44 bits per heavy atom. The summed E-state index contributed by atoms with van der Waals surface area (Å²) in [6.07, 6.45) is 10.0. The van der Waals surface area contributed by atoms with Gasteiger partial charge in [0, 0.05) is 32.1 Å². The summed E-state index contributed by atoms with van der Waals surface area (Å²) in [5.74, 6) is -0.0584. The van der Waals surface area contributed by atoms with Crippen LogP contribution < -0.4 is 0 Å². The molecule has 16 heavy (non-hydrogen) atoms. The molecule has 2 aromatic heterocycles. The highest BCUT2D eigenvalue weighted by Gasteiger charge is 2.03. The Balaban J connectivity index is 2.10. The first-order chi connectivity index (χ1) is 7.65. The van der Waals surface area contributed by atoms with Gasteiger partial charge in [0.1, 0.15) is 0 Å². The van der Waals surface area contributed by atoms with Crippen molar-refractivity contribution < 1.29 is 4.79 Å². The van der Waals surface area contributed by atoms with Gasteiger partial charge >= 0.3 is 0 Å². The topological polar surface area (TPSA) is 52.7 Å². The normalized spacial score (nSPS) is 11.1. The molecule has 0 amide bonds. The zero-order chi connectivity index (χ0) is 11.5. The molecule has 0 atom stereocenters. The molecule has 82 valence electrons. The number of ketones is 1. The summed E-state index contributed by atoms with van der Waals surface area (Å²) in [6, 6.07) is 0. The first-order valence-electron chi connectivity index (χ1n) is 4.85. The van der Waals surface area contributed by atoms with E-state index in [-0.39, 0.29) is 5.78 Å². The molecule has 0 fully saturated rings. The second-order valence-corrected chi connectivity index (χ2v) is 3.55. The molecule has 0 saturated heterocycles. The van der Waals surface area contributed by atoms with E-state index in [1.807, 2.05) is 13.2 Å². The molecule has 0 saturated carbocycles. The number of carbonyl (C=O) groups excluding carboxylic acids is 1. The summed E-state index contributed by atoms with van der Waals surface area (Å²) in [6.45, 7) is 0. The number of aryl methyl sites for hydroxylation is 2. The van der Waals surface area contributed by atoms with Gasteiger partial charge < -0.3 is 0 Å². The SMILES string of the molecule is Cn1cc(/C=C/C(=O)c2cnn(C)c2)cn1. The molecule has 5 nitrogen and oxygen atoms in total. The van der Waals surface area contributed by atoms with Gasteiger partial charge in [0.2, 0.25) is 0 Å². The maximum Gasteiger partial charge on any atom is 0.189 e. The van der Waals surface area contributed by atoms with E-state index in [2.05, 4.69) is 10.2 Å². The standard InChI is InChI=1S/C11H12N4O/c1-14-7-9(5-12-14)3-4-11(16)10-6-13-15(2)8-10/h3-8H,1-2H3/b4-3+. The predicted octanol–water partition coefficient (Wildman–Crippen LogP) is 1.05. The van der Waals surface area contributed by atoms with E-state index in [0.29, 0.717) is 5.56 Å². The Kier molecular flexibility index (Phi) is 2.68. The number of rotatable bonds is 3. The van der Waals surface area contributed by atoms with Crippen molar-refractivity contribution in [3.8, 4) is 0 Å². The van der Waals surface area contributed by atoms with Crippen molar-refractivity contribution in [1.82, 2.24) is 19.6 Å². The molecule has 0 aromatic carbocycles. The zero-order valence-corrected chi connectivity index (χ0v) is 9.16. The quantitative estimate of drug-likeness (QED) is 0.569. The highest BCUT2D eigenvalue weighted by atomic mass is 16.1. The van der Waals surface area contributed by atoms with Crippen molar-refractivity contribution in [1.29, 1.82) is 0 Å². The third-order valence-electron chi connectivity index (χ3n) is 2.14. The lowest BCUT2D eigenvalue weighted by Crippen LogP contribution is -1.91. The summed E-state index contributed by atoms with van der Waals surface area (Å²) >= 11 is 0. The molecule has 0 aliphatic heterocycles. The van der Waals surface area contributed by atoms with Crippen molar-refractivity contribution in [3.63, 3.8) is 0 Å². The minimum atomic E-state index is -0.0584. The van der Waals surface area contributed by atoms with E-state index in [1.165, 1.54) is 6.08 Å². The summed E-state index contributed by atoms with van der Waals surface area (Å²) in [7, 11) is 3.61. The van der Waals surface area contributed by atoms with Gasteiger partial charge in [-0.25, -0.2) is 0 Å². The number of carbonyl (C=O) groups is 1. The first kappa shape index (κ1) is 10.4. The molecule has 0 unspecified atom stereocenters. The number of aromatic nitrogens is 4. The molecule has 2 heterocycles. The van der Waals surface area contributed by atoms with Gasteiger partial charge in [0.25, 0.3) is 0 Å². The molecule has 0 spiro atoms. The summed E-state index contributed by atoms with van der Waals surface area (Å²) < 4.78 is 3.29. The van der Waals surface area contributed by atoms with E-state index < -0.39 is 0 Å². The van der Waals surface area contributed by atoms with E-state index in [9.17, 15) is 4.79 Å². The van der Waals surface area contributed by atoms with Crippen molar-refractivity contribution in [2.75, 3.05) is 0 Å². The van der Waals surface area contributed by atoms with Gasteiger partial charge in [-0.3, -0.25) is 14.2 Å². The van der Waals surface area contributed by atoms with Gasteiger partial charge in [-0.1, -0.05) is 0 Å². The van der Waals surface area contributed by atoms with Crippen molar-refractivity contribution in [3.05, 3.63) is 42.0 Å². The number of hydrogen-bond donors (Lipinski definition) is 0. The molecular formula is C11H12N4O. The van der Waals surface area contributed by atoms with Crippen LogP contribution in [0.4, 0.5) is 0 Å². The lowest BCUT2D eigenvalue weighted by atomic mass is 10.2. The van der Waals surface area contributed by atoms with Crippen LogP contribution in [0.2, 0.25) is 0 Å². The zero-order valence-electron chi connectivity index (χ0n) is 9.16. The Morgan fingerprint density at radius 2 is 1.88 bits per heavy atom. The third-order valence-corrected chi connectivity index (χ3v) is 2.14. The molecule has 0 bridgehead atoms. The number of hydrogen-bond acceptors (Lipinski definition) is 3. The van der Waals surface area contributed by atoms with E-state index in [4.69, 9.17) is 0 Å². The molecule has 2 aromatic rings.